The van der Waals surface area contributed by atoms with Gasteiger partial charge in [-0.25, -0.2) is 9.97 Å². The average Bonchev–Trinajstić information content (AvgIpc) is 2.76. The number of hydrogen-bond donors (Lipinski definition) is 5. The average molecular weight is 463 g/mol. The molecule has 2 aromatic rings. The van der Waals surface area contributed by atoms with Crippen LogP contribution in [0.25, 0.3) is 0 Å². The topological polar surface area (TPSA) is 181 Å². The second-order valence-corrected chi connectivity index (χ2v) is 7.39. The zero-order valence-electron chi connectivity index (χ0n) is 17.7. The highest BCUT2D eigenvalue weighted by Crippen LogP contribution is 2.24. The fourth-order valence-corrected chi connectivity index (χ4v) is 3.12. The number of esters is 1. The van der Waals surface area contributed by atoms with Crippen molar-refractivity contribution in [1.29, 1.82) is 0 Å². The van der Waals surface area contributed by atoms with Crippen LogP contribution >= 0.6 is 0 Å². The summed E-state index contributed by atoms with van der Waals surface area (Å²) in [5.74, 6) is -2.07. The van der Waals surface area contributed by atoms with E-state index in [4.69, 9.17) is 19.3 Å². The first-order valence-electron chi connectivity index (χ1n) is 10.1. The molecule has 0 spiro atoms. The van der Waals surface area contributed by atoms with Crippen molar-refractivity contribution in [3.8, 4) is 0 Å². The molecule has 12 nitrogen and oxygen atoms in total. The molecule has 3 rings (SSSR count). The summed E-state index contributed by atoms with van der Waals surface area (Å²) in [6.07, 6.45) is -8.29. The minimum absolute atomic E-state index is 0.122. The number of carboxylic acids is 1. The van der Waals surface area contributed by atoms with E-state index in [1.165, 1.54) is 0 Å². The van der Waals surface area contributed by atoms with Crippen molar-refractivity contribution >= 4 is 23.6 Å². The van der Waals surface area contributed by atoms with Gasteiger partial charge in [-0.1, -0.05) is 18.2 Å². The van der Waals surface area contributed by atoms with E-state index in [1.54, 1.807) is 13.0 Å². The second-order valence-electron chi connectivity index (χ2n) is 7.39. The third kappa shape index (κ3) is 6.91. The lowest BCUT2D eigenvalue weighted by molar-refractivity contribution is -0.304. The molecular weight excluding hydrogens is 438 g/mol. The second kappa shape index (κ2) is 11.1. The number of aryl methyl sites for hydroxylation is 1. The molecule has 1 aromatic heterocycles. The van der Waals surface area contributed by atoms with E-state index in [0.29, 0.717) is 17.3 Å². The van der Waals surface area contributed by atoms with Crippen LogP contribution in [0.4, 0.5) is 11.6 Å². The molecule has 0 radical (unpaired) electrons. The predicted molar refractivity (Wildman–Crippen MR) is 111 cm³/mol. The molecule has 12 heteroatoms. The lowest BCUT2D eigenvalue weighted by atomic mass is 9.99. The SMILES string of the molecule is Cc1cc(CO[C@@H]2O[C@H](COC(=O)CC(=O)O)[C@@H](O)[C@H](O)[C@H]2O)nc(Nc2ccccc2)n1. The van der Waals surface area contributed by atoms with Gasteiger partial charge in [-0.15, -0.1) is 0 Å². The molecule has 0 bridgehead atoms. The van der Waals surface area contributed by atoms with Crippen molar-refractivity contribution in [3.05, 3.63) is 47.8 Å². The summed E-state index contributed by atoms with van der Waals surface area (Å²) in [5.41, 5.74) is 1.91. The fourth-order valence-electron chi connectivity index (χ4n) is 3.12. The smallest absolute Gasteiger partial charge is 0.317 e. The van der Waals surface area contributed by atoms with Gasteiger partial charge in [0.2, 0.25) is 5.95 Å². The molecule has 0 unspecified atom stereocenters. The van der Waals surface area contributed by atoms with Crippen LogP contribution in [0.5, 0.6) is 0 Å². The van der Waals surface area contributed by atoms with Gasteiger partial charge in [-0.2, -0.15) is 0 Å². The molecule has 2 heterocycles. The van der Waals surface area contributed by atoms with Crippen molar-refractivity contribution in [2.45, 2.75) is 50.7 Å². The summed E-state index contributed by atoms with van der Waals surface area (Å²) in [6, 6.07) is 11.0. The summed E-state index contributed by atoms with van der Waals surface area (Å²) >= 11 is 0. The first-order chi connectivity index (χ1) is 15.7. The van der Waals surface area contributed by atoms with Crippen LogP contribution in [0.2, 0.25) is 0 Å². The largest absolute Gasteiger partial charge is 0.481 e. The van der Waals surface area contributed by atoms with Crippen LogP contribution in [0, 0.1) is 6.92 Å². The molecule has 0 amide bonds. The summed E-state index contributed by atoms with van der Waals surface area (Å²) in [6.45, 7) is 1.12. The molecule has 33 heavy (non-hydrogen) atoms. The number of ether oxygens (including phenoxy) is 3. The Balaban J connectivity index is 1.62. The molecule has 1 aromatic carbocycles. The first kappa shape index (κ1) is 24.5. The maximum atomic E-state index is 11.4. The van der Waals surface area contributed by atoms with E-state index in [-0.39, 0.29) is 6.61 Å². The number of carbonyl (C=O) groups excluding carboxylic acids is 1. The lowest BCUT2D eigenvalue weighted by Crippen LogP contribution is -2.59. The lowest BCUT2D eigenvalue weighted by Gasteiger charge is -2.39. The maximum absolute atomic E-state index is 11.4. The highest BCUT2D eigenvalue weighted by Gasteiger charge is 2.44. The van der Waals surface area contributed by atoms with Crippen LogP contribution in [-0.2, 0) is 30.4 Å². The molecule has 1 fully saturated rings. The predicted octanol–water partition coefficient (Wildman–Crippen LogP) is -0.129. The summed E-state index contributed by atoms with van der Waals surface area (Å²) in [5, 5.41) is 42.1. The maximum Gasteiger partial charge on any atom is 0.317 e. The number of para-hydroxylation sites is 1. The third-order valence-electron chi connectivity index (χ3n) is 4.71. The number of aliphatic carboxylic acids is 1. The Hall–Kier alpha value is -3.16. The number of rotatable bonds is 9. The van der Waals surface area contributed by atoms with Gasteiger partial charge in [0, 0.05) is 11.4 Å². The Bertz CT molecular complexity index is 959. The van der Waals surface area contributed by atoms with Crippen molar-refractivity contribution in [2.24, 2.45) is 0 Å². The van der Waals surface area contributed by atoms with E-state index in [0.717, 1.165) is 5.69 Å². The Morgan fingerprint density at radius 3 is 2.52 bits per heavy atom. The summed E-state index contributed by atoms with van der Waals surface area (Å²) in [4.78, 5) is 30.7. The number of hydrogen-bond acceptors (Lipinski definition) is 11. The van der Waals surface area contributed by atoms with Crippen molar-refractivity contribution in [2.75, 3.05) is 11.9 Å². The van der Waals surface area contributed by atoms with Crippen LogP contribution in [0.1, 0.15) is 17.8 Å². The van der Waals surface area contributed by atoms with Crippen LogP contribution in [-0.4, -0.2) is 79.6 Å². The molecule has 5 atom stereocenters. The summed E-state index contributed by atoms with van der Waals surface area (Å²) < 4.78 is 15.8. The third-order valence-corrected chi connectivity index (χ3v) is 4.71. The van der Waals surface area contributed by atoms with Gasteiger partial charge in [-0.3, -0.25) is 9.59 Å². The van der Waals surface area contributed by atoms with Gasteiger partial charge in [0.05, 0.1) is 12.3 Å². The Labute approximate surface area is 188 Å². The van der Waals surface area contributed by atoms with Crippen LogP contribution < -0.4 is 5.32 Å². The molecule has 5 N–H and O–H groups in total. The number of nitrogens with one attached hydrogen (secondary N) is 1. The van der Waals surface area contributed by atoms with Gasteiger partial charge in [0.1, 0.15) is 37.4 Å². The number of nitrogens with zero attached hydrogens (tertiary/aromatic N) is 2. The number of benzene rings is 1. The van der Waals surface area contributed by atoms with Gasteiger partial charge in [0.15, 0.2) is 6.29 Å². The highest BCUT2D eigenvalue weighted by atomic mass is 16.7. The number of aliphatic hydroxyl groups excluding tert-OH is 3. The minimum atomic E-state index is -1.64. The Kier molecular flexibility index (Phi) is 8.25. The highest BCUT2D eigenvalue weighted by molar-refractivity contribution is 5.90. The monoisotopic (exact) mass is 463 g/mol. The number of aromatic nitrogens is 2. The zero-order valence-corrected chi connectivity index (χ0v) is 17.7. The number of anilines is 2. The number of carboxylic acid groups (broad SMARTS) is 1. The molecular formula is C21H25N3O9. The standard InChI is InChI=1S/C21H25N3O9/c1-11-7-13(24-21(22-11)23-12-5-3-2-4-6-12)9-32-20-19(30)18(29)17(28)14(33-20)10-31-16(27)8-15(25)26/h2-7,14,17-20,28-30H,8-10H2,1H3,(H,25,26)(H,22,23,24)/t14-,17-,18+,19-,20-/m1/s1. The normalized spacial score (nSPS) is 24.8. The quantitative estimate of drug-likeness (QED) is 0.246. The van der Waals surface area contributed by atoms with Crippen molar-refractivity contribution in [1.82, 2.24) is 9.97 Å². The molecule has 0 aliphatic carbocycles. The molecule has 1 saturated heterocycles. The van der Waals surface area contributed by atoms with E-state index < -0.39 is 55.7 Å². The van der Waals surface area contributed by atoms with E-state index in [9.17, 15) is 24.9 Å². The van der Waals surface area contributed by atoms with Gasteiger partial charge >= 0.3 is 11.9 Å². The van der Waals surface area contributed by atoms with E-state index in [1.807, 2.05) is 30.3 Å². The van der Waals surface area contributed by atoms with Crippen molar-refractivity contribution in [3.63, 3.8) is 0 Å². The fraction of sp³-hybridized carbons (Fsp3) is 0.429. The molecule has 0 saturated carbocycles. The molecule has 1 aliphatic heterocycles. The molecule has 178 valence electrons. The van der Waals surface area contributed by atoms with E-state index in [2.05, 4.69) is 15.3 Å². The van der Waals surface area contributed by atoms with Crippen molar-refractivity contribution < 1.29 is 44.2 Å². The minimum Gasteiger partial charge on any atom is -0.481 e. The van der Waals surface area contributed by atoms with Gasteiger partial charge < -0.3 is 40.0 Å². The van der Waals surface area contributed by atoms with Gasteiger partial charge in [-0.05, 0) is 25.1 Å². The zero-order chi connectivity index (χ0) is 24.0. The van der Waals surface area contributed by atoms with Crippen LogP contribution in [0.3, 0.4) is 0 Å². The van der Waals surface area contributed by atoms with Crippen LogP contribution in [0.15, 0.2) is 36.4 Å². The number of carbonyl (C=O) groups is 2. The molecule has 1 aliphatic rings. The van der Waals surface area contributed by atoms with E-state index >= 15 is 0 Å². The first-order valence-corrected chi connectivity index (χ1v) is 10.1. The number of aliphatic hydroxyl groups is 3. The Morgan fingerprint density at radius 2 is 1.82 bits per heavy atom. The summed E-state index contributed by atoms with van der Waals surface area (Å²) in [7, 11) is 0. The Morgan fingerprint density at radius 1 is 1.09 bits per heavy atom. The van der Waals surface area contributed by atoms with Gasteiger partial charge in [0.25, 0.3) is 0 Å².